The molecule has 0 fully saturated rings. The molecule has 1 aromatic rings. The molecule has 1 nitrogen and oxygen atoms in total. The smallest absolute Gasteiger partial charge is 0.123 e. The van der Waals surface area contributed by atoms with Crippen LogP contribution in [-0.2, 0) is 0 Å². The first-order valence-corrected chi connectivity index (χ1v) is 5.42. The van der Waals surface area contributed by atoms with Crippen LogP contribution in [0, 0.1) is 6.92 Å². The van der Waals surface area contributed by atoms with E-state index in [0.29, 0.717) is 0 Å². The molecule has 0 amide bonds. The van der Waals surface area contributed by atoms with Crippen LogP contribution in [0.5, 0.6) is 5.75 Å². The van der Waals surface area contributed by atoms with Crippen molar-refractivity contribution in [2.24, 2.45) is 0 Å². The Labute approximate surface area is 88.2 Å². The van der Waals surface area contributed by atoms with Gasteiger partial charge in [0.2, 0.25) is 0 Å². The quantitative estimate of drug-likeness (QED) is 0.728. The third-order valence-corrected chi connectivity index (χ3v) is 2.40. The minimum atomic E-state index is 0.813. The van der Waals surface area contributed by atoms with E-state index in [1.54, 1.807) is 0 Å². The second-order valence-corrected chi connectivity index (χ2v) is 4.03. The lowest BCUT2D eigenvalue weighted by atomic mass is 10.2. The molecule has 0 saturated heterocycles. The van der Waals surface area contributed by atoms with Crippen LogP contribution in [0.4, 0.5) is 0 Å². The van der Waals surface area contributed by atoms with Crippen molar-refractivity contribution in [3.8, 4) is 5.75 Å². The van der Waals surface area contributed by atoms with Crippen molar-refractivity contribution in [2.45, 2.75) is 26.7 Å². The highest BCUT2D eigenvalue weighted by Crippen LogP contribution is 2.22. The van der Waals surface area contributed by atoms with Gasteiger partial charge in [-0.05, 0) is 31.0 Å². The van der Waals surface area contributed by atoms with Crippen LogP contribution in [0.25, 0.3) is 0 Å². The maximum absolute atomic E-state index is 5.63. The van der Waals surface area contributed by atoms with E-state index in [1.807, 2.05) is 12.1 Å². The summed E-state index contributed by atoms with van der Waals surface area (Å²) in [7, 11) is 0. The molecule has 2 heteroatoms. The lowest BCUT2D eigenvalue weighted by Gasteiger charge is -2.08. The summed E-state index contributed by atoms with van der Waals surface area (Å²) >= 11 is 3.43. The van der Waals surface area contributed by atoms with Crippen LogP contribution in [0.2, 0.25) is 0 Å². The van der Waals surface area contributed by atoms with Gasteiger partial charge in [-0.2, -0.15) is 0 Å². The number of ether oxygens (including phenoxy) is 1. The Morgan fingerprint density at radius 1 is 1.38 bits per heavy atom. The van der Waals surface area contributed by atoms with Crippen molar-refractivity contribution in [1.82, 2.24) is 0 Å². The van der Waals surface area contributed by atoms with Gasteiger partial charge in [0.25, 0.3) is 0 Å². The second kappa shape index (κ2) is 5.28. The minimum Gasteiger partial charge on any atom is -0.493 e. The van der Waals surface area contributed by atoms with Gasteiger partial charge < -0.3 is 4.74 Å². The van der Waals surface area contributed by atoms with E-state index in [1.165, 1.54) is 12.0 Å². The molecule has 72 valence electrons. The molecule has 0 aliphatic heterocycles. The fourth-order valence-electron chi connectivity index (χ4n) is 1.06. The van der Waals surface area contributed by atoms with E-state index in [0.717, 1.165) is 23.2 Å². The first-order chi connectivity index (χ1) is 6.24. The first kappa shape index (κ1) is 10.6. The molecule has 13 heavy (non-hydrogen) atoms. The highest BCUT2D eigenvalue weighted by molar-refractivity contribution is 9.10. The van der Waals surface area contributed by atoms with Crippen molar-refractivity contribution in [3.63, 3.8) is 0 Å². The Kier molecular flexibility index (Phi) is 4.29. The van der Waals surface area contributed by atoms with Crippen molar-refractivity contribution in [3.05, 3.63) is 28.2 Å². The Bertz CT molecular complexity index is 271. The molecule has 0 unspecified atom stereocenters. The van der Waals surface area contributed by atoms with Crippen molar-refractivity contribution < 1.29 is 4.74 Å². The van der Waals surface area contributed by atoms with Gasteiger partial charge in [-0.1, -0.05) is 35.3 Å². The van der Waals surface area contributed by atoms with Crippen molar-refractivity contribution in [1.29, 1.82) is 0 Å². The third-order valence-electron chi connectivity index (χ3n) is 1.91. The largest absolute Gasteiger partial charge is 0.493 e. The SMILES string of the molecule is CCCCOc1cc(Br)ccc1C. The van der Waals surface area contributed by atoms with Crippen LogP contribution in [0.15, 0.2) is 22.7 Å². The fraction of sp³-hybridized carbons (Fsp3) is 0.455. The predicted molar refractivity (Wildman–Crippen MR) is 59.3 cm³/mol. The highest BCUT2D eigenvalue weighted by atomic mass is 79.9. The summed E-state index contributed by atoms with van der Waals surface area (Å²) in [5, 5.41) is 0. The van der Waals surface area contributed by atoms with Crippen LogP contribution in [0.3, 0.4) is 0 Å². The zero-order valence-corrected chi connectivity index (χ0v) is 9.73. The predicted octanol–water partition coefficient (Wildman–Crippen LogP) is 3.94. The molecule has 0 aliphatic carbocycles. The number of aryl methyl sites for hydroxylation is 1. The minimum absolute atomic E-state index is 0.813. The van der Waals surface area contributed by atoms with Crippen molar-refractivity contribution in [2.75, 3.05) is 6.61 Å². The number of unbranched alkanes of at least 4 members (excludes halogenated alkanes) is 1. The van der Waals surface area contributed by atoms with Crippen LogP contribution in [-0.4, -0.2) is 6.61 Å². The van der Waals surface area contributed by atoms with E-state index in [-0.39, 0.29) is 0 Å². The monoisotopic (exact) mass is 242 g/mol. The van der Waals surface area contributed by atoms with Gasteiger partial charge in [-0.3, -0.25) is 0 Å². The van der Waals surface area contributed by atoms with Crippen LogP contribution in [0.1, 0.15) is 25.3 Å². The van der Waals surface area contributed by atoms with Gasteiger partial charge in [-0.15, -0.1) is 0 Å². The number of halogens is 1. The molecule has 0 radical (unpaired) electrons. The maximum Gasteiger partial charge on any atom is 0.123 e. The molecule has 1 rings (SSSR count). The molecule has 0 atom stereocenters. The van der Waals surface area contributed by atoms with Crippen LogP contribution >= 0.6 is 15.9 Å². The fourth-order valence-corrected chi connectivity index (χ4v) is 1.40. The Hall–Kier alpha value is -0.500. The summed E-state index contributed by atoms with van der Waals surface area (Å²) in [5.41, 5.74) is 1.19. The normalized spacial score (nSPS) is 10.1. The second-order valence-electron chi connectivity index (χ2n) is 3.11. The number of hydrogen-bond donors (Lipinski definition) is 0. The zero-order chi connectivity index (χ0) is 9.68. The Morgan fingerprint density at radius 3 is 2.85 bits per heavy atom. The molecule has 0 heterocycles. The van der Waals surface area contributed by atoms with Crippen molar-refractivity contribution >= 4 is 15.9 Å². The highest BCUT2D eigenvalue weighted by Gasteiger charge is 1.99. The first-order valence-electron chi connectivity index (χ1n) is 4.63. The molecule has 0 aromatic heterocycles. The molecular weight excluding hydrogens is 228 g/mol. The van der Waals surface area contributed by atoms with E-state index >= 15 is 0 Å². The molecule has 0 saturated carbocycles. The van der Waals surface area contributed by atoms with Gasteiger partial charge in [-0.25, -0.2) is 0 Å². The summed E-state index contributed by atoms with van der Waals surface area (Å²) in [5.74, 6) is 0.989. The van der Waals surface area contributed by atoms with E-state index in [4.69, 9.17) is 4.74 Å². The summed E-state index contributed by atoms with van der Waals surface area (Å²) in [6, 6.07) is 6.11. The zero-order valence-electron chi connectivity index (χ0n) is 8.14. The number of hydrogen-bond acceptors (Lipinski definition) is 1. The molecule has 0 bridgehead atoms. The average Bonchev–Trinajstić information content (AvgIpc) is 2.11. The molecular formula is C11H15BrO. The van der Waals surface area contributed by atoms with Gasteiger partial charge in [0.15, 0.2) is 0 Å². The summed E-state index contributed by atoms with van der Waals surface area (Å²) in [4.78, 5) is 0. The van der Waals surface area contributed by atoms with E-state index in [9.17, 15) is 0 Å². The average molecular weight is 243 g/mol. The van der Waals surface area contributed by atoms with E-state index in [2.05, 4.69) is 35.8 Å². The summed E-state index contributed by atoms with van der Waals surface area (Å²) in [6.07, 6.45) is 2.29. The Morgan fingerprint density at radius 2 is 2.15 bits per heavy atom. The van der Waals surface area contributed by atoms with Gasteiger partial charge in [0.1, 0.15) is 5.75 Å². The number of benzene rings is 1. The number of rotatable bonds is 4. The summed E-state index contributed by atoms with van der Waals surface area (Å²) in [6.45, 7) is 5.04. The Balaban J connectivity index is 2.59. The molecule has 0 aliphatic rings. The van der Waals surface area contributed by atoms with Gasteiger partial charge in [0, 0.05) is 4.47 Å². The maximum atomic E-state index is 5.63. The third kappa shape index (κ3) is 3.39. The standard InChI is InChI=1S/C11H15BrO/c1-3-4-7-13-11-8-10(12)6-5-9(11)2/h5-6,8H,3-4,7H2,1-2H3. The van der Waals surface area contributed by atoms with E-state index < -0.39 is 0 Å². The lowest BCUT2D eigenvalue weighted by molar-refractivity contribution is 0.307. The van der Waals surface area contributed by atoms with Gasteiger partial charge in [0.05, 0.1) is 6.61 Å². The topological polar surface area (TPSA) is 9.23 Å². The summed E-state index contributed by atoms with van der Waals surface area (Å²) < 4.78 is 6.70. The molecule has 0 spiro atoms. The van der Waals surface area contributed by atoms with Crippen LogP contribution < -0.4 is 4.74 Å². The molecule has 1 aromatic carbocycles. The lowest BCUT2D eigenvalue weighted by Crippen LogP contribution is -1.97. The molecule has 0 N–H and O–H groups in total. The van der Waals surface area contributed by atoms with Gasteiger partial charge >= 0.3 is 0 Å².